The molecule has 1 aromatic carbocycles. The van der Waals surface area contributed by atoms with Gasteiger partial charge in [-0.1, -0.05) is 29.8 Å². The number of hydrogen-bond acceptors (Lipinski definition) is 2. The first-order valence-corrected chi connectivity index (χ1v) is 7.54. The van der Waals surface area contributed by atoms with Gasteiger partial charge in [-0.05, 0) is 45.3 Å². The van der Waals surface area contributed by atoms with Crippen LogP contribution < -0.4 is 5.32 Å². The molecule has 1 atom stereocenters. The van der Waals surface area contributed by atoms with Gasteiger partial charge in [0, 0.05) is 17.8 Å². The van der Waals surface area contributed by atoms with Gasteiger partial charge in [0.25, 0.3) is 0 Å². The van der Waals surface area contributed by atoms with Crippen molar-refractivity contribution in [3.05, 3.63) is 53.6 Å². The van der Waals surface area contributed by atoms with Gasteiger partial charge in [0.2, 0.25) is 0 Å². The number of nitrogens with zero attached hydrogens (tertiary/aromatic N) is 2. The van der Waals surface area contributed by atoms with Gasteiger partial charge >= 0.3 is 0 Å². The lowest BCUT2D eigenvalue weighted by molar-refractivity contribution is 0.433. The van der Waals surface area contributed by atoms with Crippen LogP contribution in [0.3, 0.4) is 0 Å². The molecular formula is C17H23N3. The monoisotopic (exact) mass is 269 g/mol. The minimum atomic E-state index is 0.350. The Morgan fingerprint density at radius 3 is 2.60 bits per heavy atom. The minimum absolute atomic E-state index is 0.350. The van der Waals surface area contributed by atoms with Crippen LogP contribution in [0.15, 0.2) is 36.8 Å². The maximum absolute atomic E-state index is 4.40. The molecule has 1 fully saturated rings. The highest BCUT2D eigenvalue weighted by Gasteiger charge is 2.21. The third kappa shape index (κ3) is 2.63. The van der Waals surface area contributed by atoms with Crippen LogP contribution in [0.4, 0.5) is 0 Å². The SMILES string of the molecule is Cc1ccc(C(C)n2cncc2C2CCNCC2)cc1. The Labute approximate surface area is 121 Å². The van der Waals surface area contributed by atoms with E-state index in [0.717, 1.165) is 13.1 Å². The molecule has 106 valence electrons. The van der Waals surface area contributed by atoms with E-state index in [2.05, 4.69) is 59.2 Å². The average Bonchev–Trinajstić information content (AvgIpc) is 2.97. The zero-order valence-corrected chi connectivity index (χ0v) is 12.3. The number of imidazole rings is 1. The molecule has 0 amide bonds. The summed E-state index contributed by atoms with van der Waals surface area (Å²) in [7, 11) is 0. The van der Waals surface area contributed by atoms with Crippen LogP contribution >= 0.6 is 0 Å². The molecule has 1 N–H and O–H groups in total. The van der Waals surface area contributed by atoms with E-state index in [1.807, 2.05) is 6.33 Å². The number of benzene rings is 1. The molecule has 20 heavy (non-hydrogen) atoms. The van der Waals surface area contributed by atoms with Crippen LogP contribution in [0.25, 0.3) is 0 Å². The minimum Gasteiger partial charge on any atom is -0.327 e. The van der Waals surface area contributed by atoms with Gasteiger partial charge in [0.15, 0.2) is 0 Å². The Morgan fingerprint density at radius 1 is 1.20 bits per heavy atom. The molecule has 0 bridgehead atoms. The lowest BCUT2D eigenvalue weighted by atomic mass is 9.94. The van der Waals surface area contributed by atoms with Crippen molar-refractivity contribution >= 4 is 0 Å². The summed E-state index contributed by atoms with van der Waals surface area (Å²) < 4.78 is 2.35. The zero-order chi connectivity index (χ0) is 13.9. The Balaban J connectivity index is 1.86. The van der Waals surface area contributed by atoms with E-state index in [4.69, 9.17) is 0 Å². The lowest BCUT2D eigenvalue weighted by Crippen LogP contribution is -2.28. The fourth-order valence-corrected chi connectivity index (χ4v) is 3.08. The normalized spacial score (nSPS) is 18.1. The first-order valence-electron chi connectivity index (χ1n) is 7.54. The van der Waals surface area contributed by atoms with Gasteiger partial charge in [0.1, 0.15) is 0 Å². The van der Waals surface area contributed by atoms with Crippen LogP contribution in [-0.2, 0) is 0 Å². The van der Waals surface area contributed by atoms with Crippen LogP contribution in [0.1, 0.15) is 48.5 Å². The predicted molar refractivity (Wildman–Crippen MR) is 82.1 cm³/mol. The molecule has 1 aliphatic heterocycles. The van der Waals surface area contributed by atoms with Gasteiger partial charge in [-0.25, -0.2) is 4.98 Å². The maximum atomic E-state index is 4.40. The maximum Gasteiger partial charge on any atom is 0.0953 e. The first kappa shape index (κ1) is 13.4. The molecule has 1 aromatic heterocycles. The van der Waals surface area contributed by atoms with E-state index in [0.29, 0.717) is 12.0 Å². The summed E-state index contributed by atoms with van der Waals surface area (Å²) >= 11 is 0. The number of aromatic nitrogens is 2. The number of hydrogen-bond donors (Lipinski definition) is 1. The van der Waals surface area contributed by atoms with E-state index in [9.17, 15) is 0 Å². The summed E-state index contributed by atoms with van der Waals surface area (Å²) in [6.45, 7) is 6.63. The summed E-state index contributed by atoms with van der Waals surface area (Å²) in [4.78, 5) is 4.40. The molecule has 2 heterocycles. The predicted octanol–water partition coefficient (Wildman–Crippen LogP) is 3.27. The average molecular weight is 269 g/mol. The molecule has 0 radical (unpaired) electrons. The van der Waals surface area contributed by atoms with Crippen molar-refractivity contribution < 1.29 is 0 Å². The molecule has 3 heteroatoms. The van der Waals surface area contributed by atoms with Gasteiger partial charge < -0.3 is 9.88 Å². The largest absolute Gasteiger partial charge is 0.327 e. The molecular weight excluding hydrogens is 246 g/mol. The number of rotatable bonds is 3. The van der Waals surface area contributed by atoms with E-state index < -0.39 is 0 Å². The van der Waals surface area contributed by atoms with Crippen LogP contribution in [0.2, 0.25) is 0 Å². The molecule has 2 aromatic rings. The zero-order valence-electron chi connectivity index (χ0n) is 12.3. The number of nitrogens with one attached hydrogen (secondary N) is 1. The summed E-state index contributed by atoms with van der Waals surface area (Å²) in [5, 5.41) is 3.43. The van der Waals surface area contributed by atoms with Gasteiger partial charge in [-0.3, -0.25) is 0 Å². The molecule has 1 unspecified atom stereocenters. The van der Waals surface area contributed by atoms with Crippen molar-refractivity contribution in [1.82, 2.24) is 14.9 Å². The Kier molecular flexibility index (Phi) is 3.88. The summed E-state index contributed by atoms with van der Waals surface area (Å²) in [5.41, 5.74) is 4.05. The highest BCUT2D eigenvalue weighted by atomic mass is 15.1. The third-order valence-electron chi connectivity index (χ3n) is 4.43. The van der Waals surface area contributed by atoms with Crippen LogP contribution in [0, 0.1) is 6.92 Å². The summed E-state index contributed by atoms with van der Waals surface area (Å²) in [5.74, 6) is 0.645. The molecule has 0 aliphatic carbocycles. The van der Waals surface area contributed by atoms with Gasteiger partial charge in [0.05, 0.1) is 12.4 Å². The van der Waals surface area contributed by atoms with Crippen LogP contribution in [0.5, 0.6) is 0 Å². The number of aryl methyl sites for hydroxylation is 1. The Morgan fingerprint density at radius 2 is 1.90 bits per heavy atom. The molecule has 1 aliphatic rings. The molecule has 0 spiro atoms. The first-order chi connectivity index (χ1) is 9.75. The standard InChI is InChI=1S/C17H23N3/c1-13-3-5-15(6-4-13)14(2)20-12-19-11-17(20)16-7-9-18-10-8-16/h3-6,11-12,14,16,18H,7-10H2,1-2H3. The van der Waals surface area contributed by atoms with E-state index in [1.54, 1.807) is 0 Å². The highest BCUT2D eigenvalue weighted by Crippen LogP contribution is 2.29. The topological polar surface area (TPSA) is 29.9 Å². The van der Waals surface area contributed by atoms with Crippen molar-refractivity contribution in [2.45, 2.75) is 38.6 Å². The molecule has 3 nitrogen and oxygen atoms in total. The summed E-state index contributed by atoms with van der Waals surface area (Å²) in [6.07, 6.45) is 6.47. The summed E-state index contributed by atoms with van der Waals surface area (Å²) in [6, 6.07) is 9.18. The highest BCUT2D eigenvalue weighted by molar-refractivity contribution is 5.25. The molecule has 0 saturated carbocycles. The van der Waals surface area contributed by atoms with Crippen molar-refractivity contribution in [3.63, 3.8) is 0 Å². The van der Waals surface area contributed by atoms with Gasteiger partial charge in [-0.15, -0.1) is 0 Å². The van der Waals surface area contributed by atoms with E-state index in [1.165, 1.54) is 29.7 Å². The Hall–Kier alpha value is -1.61. The van der Waals surface area contributed by atoms with Crippen molar-refractivity contribution in [2.75, 3.05) is 13.1 Å². The fraction of sp³-hybridized carbons (Fsp3) is 0.471. The second-order valence-corrected chi connectivity index (χ2v) is 5.84. The molecule has 1 saturated heterocycles. The second kappa shape index (κ2) is 5.80. The van der Waals surface area contributed by atoms with Gasteiger partial charge in [-0.2, -0.15) is 0 Å². The molecule has 3 rings (SSSR count). The van der Waals surface area contributed by atoms with Crippen LogP contribution in [-0.4, -0.2) is 22.6 Å². The second-order valence-electron chi connectivity index (χ2n) is 5.84. The quantitative estimate of drug-likeness (QED) is 0.927. The van der Waals surface area contributed by atoms with E-state index in [-0.39, 0.29) is 0 Å². The third-order valence-corrected chi connectivity index (χ3v) is 4.43. The van der Waals surface area contributed by atoms with Crippen molar-refractivity contribution in [2.24, 2.45) is 0 Å². The van der Waals surface area contributed by atoms with E-state index >= 15 is 0 Å². The van der Waals surface area contributed by atoms with Crippen molar-refractivity contribution in [1.29, 1.82) is 0 Å². The lowest BCUT2D eigenvalue weighted by Gasteiger charge is -2.26. The smallest absolute Gasteiger partial charge is 0.0953 e. The fourth-order valence-electron chi connectivity index (χ4n) is 3.08. The Bertz CT molecular complexity index is 550. The number of piperidine rings is 1. The van der Waals surface area contributed by atoms with Crippen molar-refractivity contribution in [3.8, 4) is 0 Å².